The van der Waals surface area contributed by atoms with Crippen molar-refractivity contribution in [2.75, 3.05) is 0 Å². The van der Waals surface area contributed by atoms with Crippen molar-refractivity contribution in [1.29, 1.82) is 0 Å². The van der Waals surface area contributed by atoms with Crippen molar-refractivity contribution in [1.82, 2.24) is 0 Å². The molecule has 0 aliphatic carbocycles. The Morgan fingerprint density at radius 2 is 1.64 bits per heavy atom. The summed E-state index contributed by atoms with van der Waals surface area (Å²) < 4.78 is 0. The molecule has 6 nitrogen and oxygen atoms in total. The molecule has 0 aliphatic heterocycles. The van der Waals surface area contributed by atoms with Crippen molar-refractivity contribution >= 4 is 49.7 Å². The summed E-state index contributed by atoms with van der Waals surface area (Å²) in [5.41, 5.74) is 0. The molecule has 0 rings (SSSR count). The van der Waals surface area contributed by atoms with Crippen LogP contribution in [-0.2, 0) is 9.59 Å². The molecule has 64 valence electrons. The topological polar surface area (TPSA) is 126 Å². The van der Waals surface area contributed by atoms with E-state index in [1.54, 1.807) is 0 Å². The number of carboxylic acid groups (broad SMARTS) is 2. The second-order valence-corrected chi connectivity index (χ2v) is 1.45. The Morgan fingerprint density at radius 3 is 1.73 bits per heavy atom. The van der Waals surface area contributed by atoms with Crippen LogP contribution in [0, 0.1) is 0 Å². The first kappa shape index (κ1) is 17.3. The molecular formula is C4H10CaO6. The summed E-state index contributed by atoms with van der Waals surface area (Å²) in [6, 6.07) is 0. The van der Waals surface area contributed by atoms with Gasteiger partial charge in [-0.15, -0.1) is 0 Å². The van der Waals surface area contributed by atoms with Gasteiger partial charge in [0.25, 0.3) is 0 Å². The minimum atomic E-state index is -1.79. The molecule has 0 radical (unpaired) electrons. The van der Waals surface area contributed by atoms with Crippen molar-refractivity contribution < 1.29 is 30.4 Å². The van der Waals surface area contributed by atoms with Gasteiger partial charge in [-0.05, 0) is 0 Å². The normalized spacial score (nSPS) is 10.3. The predicted molar refractivity (Wildman–Crippen MR) is 38.1 cm³/mol. The molecule has 0 amide bonds. The Kier molecular flexibility index (Phi) is 12.9. The van der Waals surface area contributed by atoms with Gasteiger partial charge >= 0.3 is 49.7 Å². The number of hydrogen-bond acceptors (Lipinski definition) is 3. The number of aliphatic hydroxyl groups is 1. The van der Waals surface area contributed by atoms with Crippen LogP contribution in [0.15, 0.2) is 0 Å². The van der Waals surface area contributed by atoms with Crippen LogP contribution in [-0.4, -0.2) is 76.6 Å². The summed E-state index contributed by atoms with van der Waals surface area (Å²) in [6.45, 7) is 0. The van der Waals surface area contributed by atoms with Gasteiger partial charge in [0, 0.05) is 0 Å². The van der Waals surface area contributed by atoms with Gasteiger partial charge in [0.15, 0.2) is 6.10 Å². The molecule has 0 saturated carbocycles. The number of aliphatic carboxylic acids is 2. The second kappa shape index (κ2) is 8.22. The average molecular weight is 194 g/mol. The molecule has 11 heavy (non-hydrogen) atoms. The van der Waals surface area contributed by atoms with Crippen molar-refractivity contribution in [3.63, 3.8) is 0 Å². The van der Waals surface area contributed by atoms with Crippen LogP contribution in [0.1, 0.15) is 6.42 Å². The molecule has 0 aromatic heterocycles. The molecule has 0 aromatic carbocycles. The van der Waals surface area contributed by atoms with Gasteiger partial charge in [-0.3, -0.25) is 4.79 Å². The van der Waals surface area contributed by atoms with E-state index < -0.39 is 24.5 Å². The molecule has 7 heteroatoms. The fourth-order valence-corrected chi connectivity index (χ4v) is 0.253. The number of rotatable bonds is 3. The standard InChI is InChI=1S/C4H6O5.Ca.H2O.2H/c5-2(4(8)9)1-3(6)7;;;;/h2,5H,1H2,(H,6,7)(H,8,9);;1H2;;. The van der Waals surface area contributed by atoms with Crippen molar-refractivity contribution in [3.05, 3.63) is 0 Å². The van der Waals surface area contributed by atoms with E-state index in [-0.39, 0.29) is 43.2 Å². The summed E-state index contributed by atoms with van der Waals surface area (Å²) in [7, 11) is 0. The third kappa shape index (κ3) is 10.1. The second-order valence-electron chi connectivity index (χ2n) is 1.45. The van der Waals surface area contributed by atoms with Crippen LogP contribution in [0.2, 0.25) is 0 Å². The van der Waals surface area contributed by atoms with Crippen LogP contribution in [0.4, 0.5) is 0 Å². The van der Waals surface area contributed by atoms with Gasteiger partial charge in [0.2, 0.25) is 0 Å². The van der Waals surface area contributed by atoms with Crippen LogP contribution in [0.5, 0.6) is 0 Å². The van der Waals surface area contributed by atoms with E-state index in [1.807, 2.05) is 0 Å². The van der Waals surface area contributed by atoms with Crippen molar-refractivity contribution in [2.45, 2.75) is 12.5 Å². The molecule has 5 N–H and O–H groups in total. The molecule has 0 aliphatic rings. The summed E-state index contributed by atoms with van der Waals surface area (Å²) >= 11 is 0. The molecule has 0 aromatic rings. The molecule has 0 fully saturated rings. The third-order valence-corrected chi connectivity index (χ3v) is 0.653. The van der Waals surface area contributed by atoms with Gasteiger partial charge in [0.05, 0.1) is 6.42 Å². The molecule has 0 spiro atoms. The average Bonchev–Trinajstić information content (AvgIpc) is 1.63. The predicted octanol–water partition coefficient (Wildman–Crippen LogP) is -2.83. The zero-order valence-corrected chi connectivity index (χ0v) is 4.94. The first-order valence-electron chi connectivity index (χ1n) is 2.16. The van der Waals surface area contributed by atoms with Crippen LogP contribution >= 0.6 is 0 Å². The summed E-state index contributed by atoms with van der Waals surface area (Å²) in [5, 5.41) is 24.1. The van der Waals surface area contributed by atoms with Crippen molar-refractivity contribution in [2.24, 2.45) is 0 Å². The SMILES string of the molecule is O.O=C(O)CC(O)C(=O)O.[CaH2]. The number of hydrogen-bond donors (Lipinski definition) is 3. The van der Waals surface area contributed by atoms with Crippen molar-refractivity contribution in [3.8, 4) is 0 Å². The minimum absolute atomic E-state index is 0. The summed E-state index contributed by atoms with van der Waals surface area (Å²) in [5.74, 6) is -2.85. The Hall–Kier alpha value is 0.120. The molecule has 1 atom stereocenters. The maximum atomic E-state index is 9.72. The summed E-state index contributed by atoms with van der Waals surface area (Å²) in [4.78, 5) is 19.4. The fourth-order valence-electron chi connectivity index (χ4n) is 0.253. The molecule has 0 bridgehead atoms. The Labute approximate surface area is 92.1 Å². The van der Waals surface area contributed by atoms with Gasteiger partial charge in [-0.1, -0.05) is 0 Å². The van der Waals surface area contributed by atoms with Crippen LogP contribution < -0.4 is 0 Å². The first-order chi connectivity index (χ1) is 4.04. The van der Waals surface area contributed by atoms with E-state index in [9.17, 15) is 9.59 Å². The molecule has 0 heterocycles. The van der Waals surface area contributed by atoms with Crippen LogP contribution in [0.25, 0.3) is 0 Å². The van der Waals surface area contributed by atoms with Gasteiger partial charge in [0.1, 0.15) is 0 Å². The van der Waals surface area contributed by atoms with Gasteiger partial charge in [-0.25, -0.2) is 4.79 Å². The zero-order valence-electron chi connectivity index (χ0n) is 4.94. The monoisotopic (exact) mass is 194 g/mol. The Morgan fingerprint density at radius 1 is 1.27 bits per heavy atom. The van der Waals surface area contributed by atoms with E-state index in [2.05, 4.69) is 0 Å². The Balaban J connectivity index is -0.000000320. The quantitative estimate of drug-likeness (QED) is 0.417. The fraction of sp³-hybridized carbons (Fsp3) is 0.500. The third-order valence-electron chi connectivity index (χ3n) is 0.653. The number of aliphatic hydroxyl groups excluding tert-OH is 1. The molecular weight excluding hydrogens is 184 g/mol. The van der Waals surface area contributed by atoms with Crippen LogP contribution in [0.3, 0.4) is 0 Å². The molecule has 0 saturated heterocycles. The number of carbonyl (C=O) groups is 2. The van der Waals surface area contributed by atoms with Gasteiger partial charge < -0.3 is 20.8 Å². The van der Waals surface area contributed by atoms with E-state index in [4.69, 9.17) is 15.3 Å². The maximum absolute atomic E-state index is 9.72. The van der Waals surface area contributed by atoms with E-state index >= 15 is 0 Å². The van der Waals surface area contributed by atoms with E-state index in [1.165, 1.54) is 0 Å². The Bertz CT molecular complexity index is 135. The van der Waals surface area contributed by atoms with Gasteiger partial charge in [-0.2, -0.15) is 0 Å². The van der Waals surface area contributed by atoms with E-state index in [0.29, 0.717) is 0 Å². The first-order valence-corrected chi connectivity index (χ1v) is 2.16. The van der Waals surface area contributed by atoms with E-state index in [0.717, 1.165) is 0 Å². The zero-order chi connectivity index (χ0) is 7.44. The molecule has 1 unspecified atom stereocenters. The number of carboxylic acids is 2. The summed E-state index contributed by atoms with van der Waals surface area (Å²) in [6.07, 6.45) is -2.54.